The van der Waals surface area contributed by atoms with Crippen molar-refractivity contribution >= 4 is 5.91 Å². The SMILES string of the molecule is CCCC(C)(N)C(=O)NC1CC(C)CC(C)C1. The molecule has 1 rings (SSSR count). The Morgan fingerprint density at radius 3 is 2.29 bits per heavy atom. The maximum Gasteiger partial charge on any atom is 0.240 e. The third kappa shape index (κ3) is 4.30. The minimum atomic E-state index is -0.710. The standard InChI is InChI=1S/C14H28N2O/c1-5-6-14(4,15)13(17)16-12-8-10(2)7-11(3)9-12/h10-12H,5-9,15H2,1-4H3,(H,16,17). The second-order valence-electron chi connectivity index (χ2n) is 6.26. The number of rotatable bonds is 4. The van der Waals surface area contributed by atoms with Crippen molar-refractivity contribution in [2.75, 3.05) is 0 Å². The molecule has 100 valence electrons. The van der Waals surface area contributed by atoms with E-state index in [0.29, 0.717) is 17.9 Å². The van der Waals surface area contributed by atoms with Crippen LogP contribution in [0.3, 0.4) is 0 Å². The minimum Gasteiger partial charge on any atom is -0.352 e. The van der Waals surface area contributed by atoms with Gasteiger partial charge in [0.05, 0.1) is 5.54 Å². The molecule has 0 aromatic heterocycles. The van der Waals surface area contributed by atoms with Crippen LogP contribution in [0.4, 0.5) is 0 Å². The molecule has 0 aromatic carbocycles. The van der Waals surface area contributed by atoms with E-state index < -0.39 is 5.54 Å². The van der Waals surface area contributed by atoms with Crippen LogP contribution in [0, 0.1) is 11.8 Å². The fourth-order valence-corrected chi connectivity index (χ4v) is 3.05. The van der Waals surface area contributed by atoms with Crippen molar-refractivity contribution < 1.29 is 4.79 Å². The van der Waals surface area contributed by atoms with Crippen LogP contribution < -0.4 is 11.1 Å². The van der Waals surface area contributed by atoms with Crippen LogP contribution in [0.2, 0.25) is 0 Å². The van der Waals surface area contributed by atoms with Crippen molar-refractivity contribution in [2.24, 2.45) is 17.6 Å². The van der Waals surface area contributed by atoms with Crippen molar-refractivity contribution in [2.45, 2.75) is 71.4 Å². The van der Waals surface area contributed by atoms with E-state index in [-0.39, 0.29) is 5.91 Å². The van der Waals surface area contributed by atoms with Gasteiger partial charge in [0.1, 0.15) is 0 Å². The highest BCUT2D eigenvalue weighted by molar-refractivity contribution is 5.85. The summed E-state index contributed by atoms with van der Waals surface area (Å²) in [5, 5.41) is 3.14. The highest BCUT2D eigenvalue weighted by Gasteiger charge is 2.31. The first kappa shape index (κ1) is 14.5. The second kappa shape index (κ2) is 5.85. The maximum absolute atomic E-state index is 12.1. The molecular weight excluding hydrogens is 212 g/mol. The van der Waals surface area contributed by atoms with Gasteiger partial charge >= 0.3 is 0 Å². The van der Waals surface area contributed by atoms with Gasteiger partial charge in [0, 0.05) is 6.04 Å². The minimum absolute atomic E-state index is 0.0191. The number of nitrogens with one attached hydrogen (secondary N) is 1. The number of carbonyl (C=O) groups excluding carboxylic acids is 1. The number of carbonyl (C=O) groups is 1. The van der Waals surface area contributed by atoms with Crippen LogP contribution >= 0.6 is 0 Å². The molecule has 1 aliphatic carbocycles. The Balaban J connectivity index is 2.50. The monoisotopic (exact) mass is 240 g/mol. The molecule has 0 spiro atoms. The van der Waals surface area contributed by atoms with Crippen molar-refractivity contribution in [3.8, 4) is 0 Å². The van der Waals surface area contributed by atoms with E-state index in [0.717, 1.165) is 25.7 Å². The first-order chi connectivity index (χ1) is 7.85. The number of hydrogen-bond acceptors (Lipinski definition) is 2. The average molecular weight is 240 g/mol. The van der Waals surface area contributed by atoms with E-state index in [1.54, 1.807) is 0 Å². The van der Waals surface area contributed by atoms with Crippen LogP contribution in [0.5, 0.6) is 0 Å². The third-order valence-electron chi connectivity index (χ3n) is 3.80. The normalized spacial score (nSPS) is 32.9. The van der Waals surface area contributed by atoms with Crippen LogP contribution in [0.1, 0.15) is 59.8 Å². The van der Waals surface area contributed by atoms with Crippen LogP contribution in [-0.4, -0.2) is 17.5 Å². The summed E-state index contributed by atoms with van der Waals surface area (Å²) in [4.78, 5) is 12.1. The molecule has 3 atom stereocenters. The van der Waals surface area contributed by atoms with E-state index in [4.69, 9.17) is 5.73 Å². The van der Waals surface area contributed by atoms with Gasteiger partial charge in [-0.15, -0.1) is 0 Å². The zero-order valence-electron chi connectivity index (χ0n) is 11.8. The number of amides is 1. The van der Waals surface area contributed by atoms with Gasteiger partial charge in [-0.1, -0.05) is 27.2 Å². The zero-order chi connectivity index (χ0) is 13.1. The molecule has 1 fully saturated rings. The lowest BCUT2D eigenvalue weighted by Crippen LogP contribution is -2.55. The Morgan fingerprint density at radius 1 is 1.29 bits per heavy atom. The summed E-state index contributed by atoms with van der Waals surface area (Å²) >= 11 is 0. The summed E-state index contributed by atoms with van der Waals surface area (Å²) in [6.45, 7) is 8.43. The van der Waals surface area contributed by atoms with Gasteiger partial charge in [0.2, 0.25) is 5.91 Å². The van der Waals surface area contributed by atoms with Crippen LogP contribution in [0.15, 0.2) is 0 Å². The molecular formula is C14H28N2O. The van der Waals surface area contributed by atoms with Gasteiger partial charge in [0.15, 0.2) is 0 Å². The van der Waals surface area contributed by atoms with E-state index in [9.17, 15) is 4.79 Å². The molecule has 3 heteroatoms. The quantitative estimate of drug-likeness (QED) is 0.793. The zero-order valence-corrected chi connectivity index (χ0v) is 11.8. The van der Waals surface area contributed by atoms with Gasteiger partial charge in [-0.05, 0) is 44.4 Å². The van der Waals surface area contributed by atoms with Gasteiger partial charge in [-0.2, -0.15) is 0 Å². The molecule has 0 radical (unpaired) electrons. The average Bonchev–Trinajstić information content (AvgIpc) is 2.15. The Bertz CT molecular complexity index is 253. The Labute approximate surface area is 106 Å². The highest BCUT2D eigenvalue weighted by atomic mass is 16.2. The number of hydrogen-bond donors (Lipinski definition) is 2. The second-order valence-corrected chi connectivity index (χ2v) is 6.26. The fourth-order valence-electron chi connectivity index (χ4n) is 3.05. The van der Waals surface area contributed by atoms with Crippen molar-refractivity contribution in [1.82, 2.24) is 5.32 Å². The van der Waals surface area contributed by atoms with E-state index in [2.05, 4.69) is 26.1 Å². The predicted molar refractivity (Wildman–Crippen MR) is 71.6 cm³/mol. The lowest BCUT2D eigenvalue weighted by molar-refractivity contribution is -0.127. The molecule has 0 heterocycles. The van der Waals surface area contributed by atoms with E-state index in [1.165, 1.54) is 6.42 Å². The predicted octanol–water partition coefficient (Wildman–Crippen LogP) is 2.44. The molecule has 3 unspecified atom stereocenters. The van der Waals surface area contributed by atoms with Gasteiger partial charge in [-0.25, -0.2) is 0 Å². The van der Waals surface area contributed by atoms with Crippen molar-refractivity contribution in [3.63, 3.8) is 0 Å². The Morgan fingerprint density at radius 2 is 1.82 bits per heavy atom. The van der Waals surface area contributed by atoms with Crippen LogP contribution in [-0.2, 0) is 4.79 Å². The summed E-state index contributed by atoms with van der Waals surface area (Å²) < 4.78 is 0. The molecule has 0 bridgehead atoms. The fraction of sp³-hybridized carbons (Fsp3) is 0.929. The van der Waals surface area contributed by atoms with E-state index in [1.807, 2.05) is 6.92 Å². The summed E-state index contributed by atoms with van der Waals surface area (Å²) in [6.07, 6.45) is 5.16. The topological polar surface area (TPSA) is 55.1 Å². The van der Waals surface area contributed by atoms with E-state index >= 15 is 0 Å². The van der Waals surface area contributed by atoms with Crippen molar-refractivity contribution in [1.29, 1.82) is 0 Å². The summed E-state index contributed by atoms with van der Waals surface area (Å²) in [6, 6.07) is 0.320. The summed E-state index contributed by atoms with van der Waals surface area (Å²) in [5.41, 5.74) is 5.34. The molecule has 17 heavy (non-hydrogen) atoms. The van der Waals surface area contributed by atoms with Crippen molar-refractivity contribution in [3.05, 3.63) is 0 Å². The lowest BCUT2D eigenvalue weighted by Gasteiger charge is -2.34. The number of nitrogens with two attached hydrogens (primary N) is 1. The van der Waals surface area contributed by atoms with Gasteiger partial charge < -0.3 is 11.1 Å². The summed E-state index contributed by atoms with van der Waals surface area (Å²) in [7, 11) is 0. The third-order valence-corrected chi connectivity index (χ3v) is 3.80. The smallest absolute Gasteiger partial charge is 0.240 e. The van der Waals surface area contributed by atoms with Gasteiger partial charge in [-0.3, -0.25) is 4.79 Å². The molecule has 1 saturated carbocycles. The lowest BCUT2D eigenvalue weighted by atomic mass is 9.80. The maximum atomic E-state index is 12.1. The summed E-state index contributed by atoms with van der Waals surface area (Å²) in [5.74, 6) is 1.43. The van der Waals surface area contributed by atoms with Crippen LogP contribution in [0.25, 0.3) is 0 Å². The first-order valence-corrected chi connectivity index (χ1v) is 6.95. The molecule has 3 nitrogen and oxygen atoms in total. The first-order valence-electron chi connectivity index (χ1n) is 6.95. The molecule has 1 aliphatic rings. The molecule has 0 saturated heterocycles. The Hall–Kier alpha value is -0.570. The molecule has 0 aromatic rings. The molecule has 3 N–H and O–H groups in total. The van der Waals surface area contributed by atoms with Gasteiger partial charge in [0.25, 0.3) is 0 Å². The largest absolute Gasteiger partial charge is 0.352 e. The molecule has 1 amide bonds. The highest BCUT2D eigenvalue weighted by Crippen LogP contribution is 2.28. The Kier molecular flexibility index (Phi) is 4.99. The molecule has 0 aliphatic heterocycles.